The first-order valence-electron chi connectivity index (χ1n) is 9.75. The van der Waals surface area contributed by atoms with E-state index in [-0.39, 0.29) is 31.0 Å². The van der Waals surface area contributed by atoms with Gasteiger partial charge in [-0.25, -0.2) is 4.68 Å². The van der Waals surface area contributed by atoms with E-state index in [0.29, 0.717) is 28.5 Å². The van der Waals surface area contributed by atoms with Crippen molar-refractivity contribution in [3.8, 4) is 28.5 Å². The normalized spacial score (nSPS) is 10.4. The van der Waals surface area contributed by atoms with Crippen LogP contribution < -0.4 is 25.1 Å². The van der Waals surface area contributed by atoms with Crippen molar-refractivity contribution in [3.63, 3.8) is 0 Å². The molecule has 0 aliphatic carbocycles. The second kappa shape index (κ2) is 10.3. The number of carbonyl (C=O) groups is 1. The molecular weight excluding hydrogens is 398 g/mol. The van der Waals surface area contributed by atoms with Crippen LogP contribution in [0.15, 0.2) is 59.4 Å². The lowest BCUT2D eigenvalue weighted by Gasteiger charge is -2.12. The van der Waals surface area contributed by atoms with E-state index in [1.54, 1.807) is 45.6 Å². The first kappa shape index (κ1) is 21.9. The van der Waals surface area contributed by atoms with Crippen LogP contribution >= 0.6 is 0 Å². The molecule has 0 aliphatic rings. The number of aromatic nitrogens is 2. The van der Waals surface area contributed by atoms with Crippen LogP contribution in [0, 0.1) is 0 Å². The molecule has 0 fully saturated rings. The van der Waals surface area contributed by atoms with Gasteiger partial charge >= 0.3 is 0 Å². The Bertz CT molecular complexity index is 1110. The lowest BCUT2D eigenvalue weighted by Crippen LogP contribution is -2.32. The van der Waals surface area contributed by atoms with Crippen LogP contribution in [0.25, 0.3) is 11.3 Å². The molecule has 0 unspecified atom stereocenters. The molecule has 8 heteroatoms. The Kier molecular flexibility index (Phi) is 7.26. The van der Waals surface area contributed by atoms with Gasteiger partial charge in [-0.05, 0) is 30.3 Å². The van der Waals surface area contributed by atoms with Crippen LogP contribution in [-0.4, -0.2) is 43.6 Å². The minimum atomic E-state index is -0.260. The average molecular weight is 423 g/mol. The molecule has 3 aromatic rings. The second-order valence-electron chi connectivity index (χ2n) is 6.68. The number of carbonyl (C=O) groups excluding carboxylic acids is 1. The number of nitrogens with one attached hydrogen (secondary N) is 1. The molecule has 1 N–H and O–H groups in total. The van der Waals surface area contributed by atoms with Crippen molar-refractivity contribution in [2.75, 3.05) is 27.9 Å². The van der Waals surface area contributed by atoms with E-state index in [2.05, 4.69) is 10.4 Å². The van der Waals surface area contributed by atoms with Gasteiger partial charge in [0.1, 0.15) is 17.2 Å². The fourth-order valence-corrected chi connectivity index (χ4v) is 3.15. The van der Waals surface area contributed by atoms with Gasteiger partial charge in [-0.3, -0.25) is 9.59 Å². The van der Waals surface area contributed by atoms with E-state index >= 15 is 0 Å². The molecule has 0 saturated heterocycles. The van der Waals surface area contributed by atoms with E-state index in [0.717, 1.165) is 5.56 Å². The van der Waals surface area contributed by atoms with Gasteiger partial charge in [-0.15, -0.1) is 0 Å². The zero-order chi connectivity index (χ0) is 22.2. The maximum absolute atomic E-state index is 12.3. The highest BCUT2D eigenvalue weighted by Crippen LogP contribution is 2.31. The monoisotopic (exact) mass is 423 g/mol. The Labute approximate surface area is 180 Å². The molecule has 1 amide bonds. The molecule has 1 heterocycles. The van der Waals surface area contributed by atoms with Gasteiger partial charge in [0.05, 0.1) is 40.0 Å². The minimum Gasteiger partial charge on any atom is -0.497 e. The van der Waals surface area contributed by atoms with Crippen LogP contribution in [0.4, 0.5) is 0 Å². The summed E-state index contributed by atoms with van der Waals surface area (Å²) in [7, 11) is 4.71. The Balaban J connectivity index is 1.69. The predicted octanol–water partition coefficient (Wildman–Crippen LogP) is 2.29. The Morgan fingerprint density at radius 2 is 1.74 bits per heavy atom. The zero-order valence-electron chi connectivity index (χ0n) is 17.8. The van der Waals surface area contributed by atoms with Gasteiger partial charge in [-0.1, -0.05) is 18.2 Å². The van der Waals surface area contributed by atoms with Crippen LogP contribution in [0.5, 0.6) is 17.2 Å². The molecular formula is C23H25N3O5. The maximum atomic E-state index is 12.3. The lowest BCUT2D eigenvalue weighted by atomic mass is 10.1. The number of hydrogen-bond acceptors (Lipinski definition) is 6. The van der Waals surface area contributed by atoms with Crippen molar-refractivity contribution in [1.29, 1.82) is 0 Å². The summed E-state index contributed by atoms with van der Waals surface area (Å²) in [4.78, 5) is 24.5. The zero-order valence-corrected chi connectivity index (χ0v) is 17.8. The number of para-hydroxylation sites is 1. The molecule has 0 bridgehead atoms. The molecule has 0 spiro atoms. The highest BCUT2D eigenvalue weighted by Gasteiger charge is 2.12. The van der Waals surface area contributed by atoms with Gasteiger partial charge in [0, 0.05) is 23.7 Å². The third-order valence-corrected chi connectivity index (χ3v) is 4.74. The van der Waals surface area contributed by atoms with Crippen LogP contribution in [0.1, 0.15) is 5.56 Å². The molecule has 0 radical (unpaired) electrons. The molecule has 0 saturated carbocycles. The molecule has 162 valence electrons. The van der Waals surface area contributed by atoms with E-state index in [4.69, 9.17) is 14.2 Å². The molecule has 3 rings (SSSR count). The summed E-state index contributed by atoms with van der Waals surface area (Å²) in [6, 6.07) is 15.8. The topological polar surface area (TPSA) is 91.7 Å². The van der Waals surface area contributed by atoms with Crippen LogP contribution in [0.3, 0.4) is 0 Å². The molecule has 31 heavy (non-hydrogen) atoms. The first-order valence-corrected chi connectivity index (χ1v) is 9.75. The van der Waals surface area contributed by atoms with Gasteiger partial charge in [0.15, 0.2) is 0 Å². The number of amides is 1. The van der Waals surface area contributed by atoms with Crippen molar-refractivity contribution < 1.29 is 19.0 Å². The number of benzene rings is 2. The maximum Gasteiger partial charge on any atom is 0.266 e. The number of rotatable bonds is 9. The highest BCUT2D eigenvalue weighted by molar-refractivity contribution is 5.79. The minimum absolute atomic E-state index is 0.164. The van der Waals surface area contributed by atoms with Gasteiger partial charge in [0.2, 0.25) is 5.91 Å². The Morgan fingerprint density at radius 3 is 2.48 bits per heavy atom. The summed E-state index contributed by atoms with van der Waals surface area (Å²) >= 11 is 0. The quantitative estimate of drug-likeness (QED) is 0.568. The number of methoxy groups -OCH3 is 3. The predicted molar refractivity (Wildman–Crippen MR) is 117 cm³/mol. The van der Waals surface area contributed by atoms with Crippen LogP contribution in [-0.2, 0) is 17.8 Å². The number of ether oxygens (including phenoxy) is 3. The van der Waals surface area contributed by atoms with E-state index in [1.165, 1.54) is 10.7 Å². The summed E-state index contributed by atoms with van der Waals surface area (Å²) in [5.41, 5.74) is 1.81. The molecule has 2 aromatic carbocycles. The lowest BCUT2D eigenvalue weighted by molar-refractivity contribution is -0.120. The van der Waals surface area contributed by atoms with E-state index < -0.39 is 0 Å². The SMILES string of the molecule is COc1ccc(OC)c(-c2ccc(=O)n(CCNC(=O)Cc3ccccc3OC)n2)c1. The van der Waals surface area contributed by atoms with Gasteiger partial charge < -0.3 is 19.5 Å². The van der Waals surface area contributed by atoms with Crippen molar-refractivity contribution in [3.05, 3.63) is 70.5 Å². The summed E-state index contributed by atoms with van der Waals surface area (Å²) < 4.78 is 17.3. The Morgan fingerprint density at radius 1 is 0.968 bits per heavy atom. The Hall–Kier alpha value is -3.81. The van der Waals surface area contributed by atoms with E-state index in [1.807, 2.05) is 24.3 Å². The molecule has 8 nitrogen and oxygen atoms in total. The molecule has 0 aliphatic heterocycles. The summed E-state index contributed by atoms with van der Waals surface area (Å²) in [6.07, 6.45) is 0.188. The van der Waals surface area contributed by atoms with Crippen LogP contribution in [0.2, 0.25) is 0 Å². The smallest absolute Gasteiger partial charge is 0.266 e. The standard InChI is InChI=1S/C23H25N3O5/c1-29-17-8-10-21(31-3)18(15-17)19-9-11-23(28)26(25-19)13-12-24-22(27)14-16-6-4-5-7-20(16)30-2/h4-11,15H,12-14H2,1-3H3,(H,24,27). The van der Waals surface area contributed by atoms with Gasteiger partial charge in [-0.2, -0.15) is 5.10 Å². The third kappa shape index (κ3) is 5.42. The number of hydrogen-bond donors (Lipinski definition) is 1. The average Bonchev–Trinajstić information content (AvgIpc) is 2.80. The van der Waals surface area contributed by atoms with Crippen molar-refractivity contribution in [1.82, 2.24) is 15.1 Å². The summed E-state index contributed by atoms with van der Waals surface area (Å²) in [5.74, 6) is 1.77. The van der Waals surface area contributed by atoms with Crippen molar-refractivity contribution >= 4 is 5.91 Å². The summed E-state index contributed by atoms with van der Waals surface area (Å²) in [6.45, 7) is 0.496. The van der Waals surface area contributed by atoms with Gasteiger partial charge in [0.25, 0.3) is 5.56 Å². The molecule has 0 atom stereocenters. The third-order valence-electron chi connectivity index (χ3n) is 4.74. The fourth-order valence-electron chi connectivity index (χ4n) is 3.15. The second-order valence-corrected chi connectivity index (χ2v) is 6.68. The van der Waals surface area contributed by atoms with E-state index in [9.17, 15) is 9.59 Å². The van der Waals surface area contributed by atoms with Crippen molar-refractivity contribution in [2.24, 2.45) is 0 Å². The molecule has 1 aromatic heterocycles. The fraction of sp³-hybridized carbons (Fsp3) is 0.261. The largest absolute Gasteiger partial charge is 0.497 e. The number of nitrogens with zero attached hydrogens (tertiary/aromatic N) is 2. The summed E-state index contributed by atoms with van der Waals surface area (Å²) in [5, 5.41) is 7.25. The first-order chi connectivity index (χ1) is 15.0. The highest BCUT2D eigenvalue weighted by atomic mass is 16.5. The van der Waals surface area contributed by atoms with Crippen molar-refractivity contribution in [2.45, 2.75) is 13.0 Å².